The van der Waals surface area contributed by atoms with Crippen LogP contribution < -0.4 is 0 Å². The van der Waals surface area contributed by atoms with Crippen LogP contribution in [0.2, 0.25) is 0 Å². The van der Waals surface area contributed by atoms with E-state index < -0.39 is 97.5 Å². The predicted molar refractivity (Wildman–Crippen MR) is 400 cm³/mol. The third-order valence-corrected chi connectivity index (χ3v) is 20.7. The third-order valence-electron chi connectivity index (χ3n) is 18.8. The van der Waals surface area contributed by atoms with Crippen LogP contribution in [0.15, 0.2) is 0 Å². The molecule has 0 rings (SSSR count). The Bertz CT molecular complexity index is 1890. The number of hydrogen-bond acceptors (Lipinski definition) is 15. The summed E-state index contributed by atoms with van der Waals surface area (Å²) in [5.41, 5.74) is 0. The number of unbranched alkanes of at least 4 members (excludes halogenated alkanes) is 47. The van der Waals surface area contributed by atoms with E-state index in [0.717, 1.165) is 102 Å². The number of aliphatic hydroxyl groups excluding tert-OH is 1. The highest BCUT2D eigenvalue weighted by Crippen LogP contribution is 2.45. The lowest BCUT2D eigenvalue weighted by molar-refractivity contribution is -0.161. The molecule has 0 fully saturated rings. The second kappa shape index (κ2) is 70.7. The number of hydrogen-bond donors (Lipinski definition) is 3. The number of aliphatic hydroxyl groups is 1. The summed E-state index contributed by atoms with van der Waals surface area (Å²) < 4.78 is 68.6. The number of phosphoric acid groups is 2. The number of carbonyl (C=O) groups excluding carboxylic acids is 4. The number of rotatable bonds is 78. The zero-order valence-corrected chi connectivity index (χ0v) is 65.9. The smallest absolute Gasteiger partial charge is 0.462 e. The molecule has 0 spiro atoms. The van der Waals surface area contributed by atoms with Gasteiger partial charge in [0.1, 0.15) is 19.3 Å². The zero-order valence-electron chi connectivity index (χ0n) is 64.1. The molecule has 0 aliphatic heterocycles. The normalized spacial score (nSPS) is 14.2. The lowest BCUT2D eigenvalue weighted by Gasteiger charge is -2.21. The van der Waals surface area contributed by atoms with Crippen molar-refractivity contribution in [3.63, 3.8) is 0 Å². The molecule has 3 N–H and O–H groups in total. The molecule has 0 aliphatic carbocycles. The second-order valence-corrected chi connectivity index (χ2v) is 32.1. The molecule has 582 valence electrons. The molecule has 0 aliphatic rings. The molecule has 0 heterocycles. The summed E-state index contributed by atoms with van der Waals surface area (Å²) in [6, 6.07) is 0. The molecule has 0 radical (unpaired) electrons. The Balaban J connectivity index is 5.24. The van der Waals surface area contributed by atoms with E-state index in [-0.39, 0.29) is 25.7 Å². The van der Waals surface area contributed by atoms with Gasteiger partial charge in [-0.3, -0.25) is 37.3 Å². The van der Waals surface area contributed by atoms with Gasteiger partial charge >= 0.3 is 39.5 Å². The van der Waals surface area contributed by atoms with Crippen molar-refractivity contribution in [1.82, 2.24) is 0 Å². The third kappa shape index (κ3) is 71.1. The maximum absolute atomic E-state index is 13.1. The first kappa shape index (κ1) is 96.1. The van der Waals surface area contributed by atoms with E-state index in [4.69, 9.17) is 37.0 Å². The quantitative estimate of drug-likeness (QED) is 0.0222. The van der Waals surface area contributed by atoms with Gasteiger partial charge in [-0.15, -0.1) is 0 Å². The van der Waals surface area contributed by atoms with Gasteiger partial charge in [-0.1, -0.05) is 363 Å². The van der Waals surface area contributed by atoms with Gasteiger partial charge < -0.3 is 33.8 Å². The first-order chi connectivity index (χ1) is 47.4. The first-order valence-corrected chi connectivity index (χ1v) is 44.0. The van der Waals surface area contributed by atoms with Gasteiger partial charge in [0, 0.05) is 25.7 Å². The molecule has 19 heteroatoms. The van der Waals surface area contributed by atoms with E-state index in [1.807, 2.05) is 0 Å². The second-order valence-electron chi connectivity index (χ2n) is 29.2. The van der Waals surface area contributed by atoms with Gasteiger partial charge in [-0.25, -0.2) is 9.13 Å². The summed E-state index contributed by atoms with van der Waals surface area (Å²) in [7, 11) is -9.92. The molecule has 0 bridgehead atoms. The van der Waals surface area contributed by atoms with Gasteiger partial charge in [0.25, 0.3) is 0 Å². The van der Waals surface area contributed by atoms with E-state index in [1.165, 1.54) is 231 Å². The van der Waals surface area contributed by atoms with Crippen molar-refractivity contribution in [3.8, 4) is 0 Å². The molecule has 0 amide bonds. The standard InChI is InChI=1S/C79H154O17P2/c1-7-10-12-14-16-18-20-22-23-24-25-26-27-28-30-32-38-46-52-58-64-79(84)95-74(67-89-76(81)61-55-49-43-36-34-33-35-42-48-54-60-72(6)9-3)69-93-97(85,86)91-65-73(80)66-92-98(87,88)94-70-75(68-90-77(82)62-56-50-44-40-39-41-47-53-59-71(4)5)96-78(83)63-57-51-45-37-31-29-21-19-17-15-13-11-8-2/h71-75,80H,7-70H2,1-6H3,(H,85,86)(H,87,88)/t72?,73-,74-,75-/m1/s1. The molecule has 0 saturated heterocycles. The Kier molecular flexibility index (Phi) is 69.3. The van der Waals surface area contributed by atoms with Gasteiger partial charge in [-0.05, 0) is 37.5 Å². The summed E-state index contributed by atoms with van der Waals surface area (Å²) >= 11 is 0. The Morgan fingerprint density at radius 2 is 0.520 bits per heavy atom. The van der Waals surface area contributed by atoms with Crippen LogP contribution in [0.5, 0.6) is 0 Å². The van der Waals surface area contributed by atoms with Crippen molar-refractivity contribution in [1.29, 1.82) is 0 Å². The highest BCUT2D eigenvalue weighted by molar-refractivity contribution is 7.47. The summed E-state index contributed by atoms with van der Waals surface area (Å²) in [4.78, 5) is 72.9. The Morgan fingerprint density at radius 3 is 0.776 bits per heavy atom. The fourth-order valence-electron chi connectivity index (χ4n) is 12.2. The van der Waals surface area contributed by atoms with E-state index in [2.05, 4.69) is 41.5 Å². The number of esters is 4. The van der Waals surface area contributed by atoms with Crippen LogP contribution in [0.1, 0.15) is 414 Å². The topological polar surface area (TPSA) is 237 Å². The van der Waals surface area contributed by atoms with Gasteiger partial charge in [0.2, 0.25) is 0 Å². The van der Waals surface area contributed by atoms with E-state index >= 15 is 0 Å². The molecule has 17 nitrogen and oxygen atoms in total. The van der Waals surface area contributed by atoms with Crippen molar-refractivity contribution in [2.75, 3.05) is 39.6 Å². The summed E-state index contributed by atoms with van der Waals surface area (Å²) in [5, 5.41) is 10.6. The lowest BCUT2D eigenvalue weighted by atomic mass is 9.99. The minimum Gasteiger partial charge on any atom is -0.462 e. The van der Waals surface area contributed by atoms with Crippen molar-refractivity contribution in [3.05, 3.63) is 0 Å². The van der Waals surface area contributed by atoms with Crippen LogP contribution in [-0.4, -0.2) is 96.7 Å². The fraction of sp³-hybridized carbons (Fsp3) is 0.949. The van der Waals surface area contributed by atoms with E-state index in [0.29, 0.717) is 25.7 Å². The SMILES string of the molecule is CCCCCCCCCCCCCCCCCCCCCCC(=O)O[C@H](COC(=O)CCCCCCCCCCCCC(C)CC)COP(=O)(O)OC[C@@H](O)COP(=O)(O)OC[C@@H](COC(=O)CCCCCCCCCCC(C)C)OC(=O)CCCCCCCCCCCCCCC. The number of carbonyl (C=O) groups is 4. The highest BCUT2D eigenvalue weighted by atomic mass is 31.2. The van der Waals surface area contributed by atoms with Crippen LogP contribution in [0.3, 0.4) is 0 Å². The monoisotopic (exact) mass is 1440 g/mol. The highest BCUT2D eigenvalue weighted by Gasteiger charge is 2.30. The van der Waals surface area contributed by atoms with Crippen LogP contribution >= 0.6 is 15.6 Å². The molecule has 6 atom stereocenters. The minimum atomic E-state index is -4.96. The van der Waals surface area contributed by atoms with Gasteiger partial charge in [0.15, 0.2) is 12.2 Å². The van der Waals surface area contributed by atoms with E-state index in [1.54, 1.807) is 0 Å². The summed E-state index contributed by atoms with van der Waals surface area (Å²) in [6.45, 7) is 9.61. The van der Waals surface area contributed by atoms with Crippen molar-refractivity contribution in [2.24, 2.45) is 11.8 Å². The molecular weight excluding hydrogens is 1280 g/mol. The van der Waals surface area contributed by atoms with Crippen LogP contribution in [-0.2, 0) is 65.4 Å². The number of phosphoric ester groups is 2. The van der Waals surface area contributed by atoms with Crippen LogP contribution in [0.25, 0.3) is 0 Å². The predicted octanol–water partition coefficient (Wildman–Crippen LogP) is 23.5. The zero-order chi connectivity index (χ0) is 72.1. The Hall–Kier alpha value is -1.94. The van der Waals surface area contributed by atoms with Gasteiger partial charge in [0.05, 0.1) is 26.4 Å². The molecular formula is C79H154O17P2. The first-order valence-electron chi connectivity index (χ1n) is 41.0. The van der Waals surface area contributed by atoms with E-state index in [9.17, 15) is 43.2 Å². The van der Waals surface area contributed by atoms with Gasteiger partial charge in [-0.2, -0.15) is 0 Å². The fourth-order valence-corrected chi connectivity index (χ4v) is 13.7. The largest absolute Gasteiger partial charge is 0.472 e. The molecule has 3 unspecified atom stereocenters. The van der Waals surface area contributed by atoms with Crippen LogP contribution in [0.4, 0.5) is 0 Å². The average Bonchev–Trinajstić information content (AvgIpc) is 1.22. The average molecular weight is 1440 g/mol. The molecule has 0 aromatic carbocycles. The summed E-state index contributed by atoms with van der Waals surface area (Å²) in [6.07, 6.45) is 59.6. The lowest BCUT2D eigenvalue weighted by Crippen LogP contribution is -2.30. The number of ether oxygens (including phenoxy) is 4. The maximum Gasteiger partial charge on any atom is 0.472 e. The molecule has 0 aromatic heterocycles. The van der Waals surface area contributed by atoms with Crippen molar-refractivity contribution in [2.45, 2.75) is 432 Å². The Labute approximate surface area is 600 Å². The Morgan fingerprint density at radius 1 is 0.296 bits per heavy atom. The van der Waals surface area contributed by atoms with Crippen molar-refractivity contribution < 1.29 is 80.2 Å². The van der Waals surface area contributed by atoms with Crippen molar-refractivity contribution >= 4 is 39.5 Å². The molecule has 0 saturated carbocycles. The summed E-state index contributed by atoms with van der Waals surface area (Å²) in [5.74, 6) is -0.575. The minimum absolute atomic E-state index is 0.107. The maximum atomic E-state index is 13.1. The molecule has 0 aromatic rings. The molecule has 98 heavy (non-hydrogen) atoms. The van der Waals surface area contributed by atoms with Crippen LogP contribution in [0, 0.1) is 11.8 Å².